The van der Waals surface area contributed by atoms with E-state index in [2.05, 4.69) is 5.32 Å². The molecule has 2 rings (SSSR count). The highest BCUT2D eigenvalue weighted by Gasteiger charge is 2.28. The normalized spacial score (nSPS) is 18.7. The molecule has 0 aliphatic carbocycles. The molecule has 0 aromatic heterocycles. The number of amides is 2. The zero-order valence-corrected chi connectivity index (χ0v) is 12.1. The molecule has 0 radical (unpaired) electrons. The lowest BCUT2D eigenvalue weighted by Crippen LogP contribution is -2.44. The number of carboxylic acid groups (broad SMARTS) is 1. The van der Waals surface area contributed by atoms with Gasteiger partial charge in [0.05, 0.1) is 16.0 Å². The maximum Gasteiger partial charge on any atom is 0.321 e. The second kappa shape index (κ2) is 6.33. The average Bonchev–Trinajstić information content (AvgIpc) is 2.43. The van der Waals surface area contributed by atoms with Crippen LogP contribution in [0.5, 0.6) is 0 Å². The Morgan fingerprint density at radius 3 is 2.70 bits per heavy atom. The summed E-state index contributed by atoms with van der Waals surface area (Å²) in [5.41, 5.74) is 0.529. The smallest absolute Gasteiger partial charge is 0.321 e. The number of hydrogen-bond donors (Lipinski definition) is 2. The Morgan fingerprint density at radius 2 is 2.05 bits per heavy atom. The molecule has 0 bridgehead atoms. The Bertz CT molecular complexity index is 536. The van der Waals surface area contributed by atoms with Crippen molar-refractivity contribution >= 4 is 40.9 Å². The van der Waals surface area contributed by atoms with E-state index in [1.54, 1.807) is 18.2 Å². The van der Waals surface area contributed by atoms with Gasteiger partial charge in [0.2, 0.25) is 0 Å². The van der Waals surface area contributed by atoms with Crippen LogP contribution in [-0.4, -0.2) is 35.1 Å². The zero-order valence-electron chi connectivity index (χ0n) is 10.6. The standard InChI is InChI=1S/C13H14Cl2N2O3/c14-10-4-3-9(6-11(10)15)16-13(20)17-5-1-2-8(7-17)12(18)19/h3-4,6,8H,1-2,5,7H2,(H,16,20)(H,18,19). The fourth-order valence-corrected chi connectivity index (χ4v) is 2.44. The van der Waals surface area contributed by atoms with Crippen LogP contribution in [0.1, 0.15) is 12.8 Å². The Kier molecular flexibility index (Phi) is 4.73. The molecule has 1 atom stereocenters. The number of carbonyl (C=O) groups is 2. The van der Waals surface area contributed by atoms with Gasteiger partial charge in [0.1, 0.15) is 0 Å². The van der Waals surface area contributed by atoms with E-state index in [1.165, 1.54) is 4.90 Å². The average molecular weight is 317 g/mol. The quantitative estimate of drug-likeness (QED) is 0.879. The number of benzene rings is 1. The van der Waals surface area contributed by atoms with Gasteiger partial charge in [-0.25, -0.2) is 4.79 Å². The number of piperidine rings is 1. The lowest BCUT2D eigenvalue weighted by atomic mass is 9.99. The third-order valence-corrected chi connectivity index (χ3v) is 3.97. The topological polar surface area (TPSA) is 69.6 Å². The summed E-state index contributed by atoms with van der Waals surface area (Å²) in [5.74, 6) is -1.36. The van der Waals surface area contributed by atoms with Gasteiger partial charge in [-0.3, -0.25) is 4.79 Å². The summed E-state index contributed by atoms with van der Waals surface area (Å²) in [6.45, 7) is 0.777. The summed E-state index contributed by atoms with van der Waals surface area (Å²) in [6.07, 6.45) is 1.29. The maximum atomic E-state index is 12.1. The van der Waals surface area contributed by atoms with Gasteiger partial charge in [0.15, 0.2) is 0 Å². The summed E-state index contributed by atoms with van der Waals surface area (Å²) < 4.78 is 0. The Morgan fingerprint density at radius 1 is 1.30 bits per heavy atom. The molecule has 108 valence electrons. The number of nitrogens with one attached hydrogen (secondary N) is 1. The van der Waals surface area contributed by atoms with E-state index in [0.717, 1.165) is 0 Å². The molecule has 7 heteroatoms. The van der Waals surface area contributed by atoms with Crippen LogP contribution in [0.3, 0.4) is 0 Å². The van der Waals surface area contributed by atoms with Gasteiger partial charge < -0.3 is 15.3 Å². The van der Waals surface area contributed by atoms with Crippen LogP contribution in [0.25, 0.3) is 0 Å². The van der Waals surface area contributed by atoms with Crippen LogP contribution < -0.4 is 5.32 Å². The Hall–Kier alpha value is -1.46. The number of carbonyl (C=O) groups excluding carboxylic acids is 1. The molecule has 0 spiro atoms. The van der Waals surface area contributed by atoms with Crippen LogP contribution >= 0.6 is 23.2 Å². The van der Waals surface area contributed by atoms with E-state index in [1.807, 2.05) is 0 Å². The molecule has 1 aromatic carbocycles. The third-order valence-electron chi connectivity index (χ3n) is 3.23. The van der Waals surface area contributed by atoms with Gasteiger partial charge in [-0.2, -0.15) is 0 Å². The second-order valence-electron chi connectivity index (χ2n) is 4.68. The van der Waals surface area contributed by atoms with Crippen molar-refractivity contribution in [1.29, 1.82) is 0 Å². The lowest BCUT2D eigenvalue weighted by molar-refractivity contribution is -0.143. The maximum absolute atomic E-state index is 12.1. The number of halogens is 2. The van der Waals surface area contributed by atoms with Crippen molar-refractivity contribution in [3.63, 3.8) is 0 Å². The molecule has 1 unspecified atom stereocenters. The minimum absolute atomic E-state index is 0.225. The third kappa shape index (κ3) is 3.55. The molecule has 2 amide bonds. The van der Waals surface area contributed by atoms with E-state index in [9.17, 15) is 9.59 Å². The van der Waals surface area contributed by atoms with Gasteiger partial charge in [-0.15, -0.1) is 0 Å². The molecule has 20 heavy (non-hydrogen) atoms. The summed E-state index contributed by atoms with van der Waals surface area (Å²) >= 11 is 11.7. The molecule has 2 N–H and O–H groups in total. The monoisotopic (exact) mass is 316 g/mol. The lowest BCUT2D eigenvalue weighted by Gasteiger charge is -2.30. The summed E-state index contributed by atoms with van der Waals surface area (Å²) in [6, 6.07) is 4.47. The van der Waals surface area contributed by atoms with Crippen molar-refractivity contribution in [1.82, 2.24) is 4.90 Å². The molecular formula is C13H14Cl2N2O3. The number of carboxylic acids is 1. The van der Waals surface area contributed by atoms with Crippen molar-refractivity contribution in [2.75, 3.05) is 18.4 Å². The largest absolute Gasteiger partial charge is 0.481 e. The van der Waals surface area contributed by atoms with E-state index in [-0.39, 0.29) is 12.6 Å². The van der Waals surface area contributed by atoms with Gasteiger partial charge in [0, 0.05) is 18.8 Å². The van der Waals surface area contributed by atoms with Crippen molar-refractivity contribution in [3.8, 4) is 0 Å². The van der Waals surface area contributed by atoms with Crippen molar-refractivity contribution < 1.29 is 14.7 Å². The second-order valence-corrected chi connectivity index (χ2v) is 5.50. The molecule has 1 heterocycles. The van der Waals surface area contributed by atoms with E-state index < -0.39 is 11.9 Å². The molecule has 1 saturated heterocycles. The molecule has 1 aliphatic heterocycles. The van der Waals surface area contributed by atoms with E-state index >= 15 is 0 Å². The fraction of sp³-hybridized carbons (Fsp3) is 0.385. The molecule has 1 aromatic rings. The Balaban J connectivity index is 2.00. The highest BCUT2D eigenvalue weighted by molar-refractivity contribution is 6.42. The minimum Gasteiger partial charge on any atom is -0.481 e. The van der Waals surface area contributed by atoms with Crippen LogP contribution in [0, 0.1) is 5.92 Å². The SMILES string of the molecule is O=C(O)C1CCCN(C(=O)Nc2ccc(Cl)c(Cl)c2)C1. The number of anilines is 1. The molecule has 1 fully saturated rings. The Labute approximate surface area is 126 Å². The van der Waals surface area contributed by atoms with Gasteiger partial charge in [0.25, 0.3) is 0 Å². The van der Waals surface area contributed by atoms with Crippen LogP contribution in [0.2, 0.25) is 10.0 Å². The number of nitrogens with zero attached hydrogens (tertiary/aromatic N) is 1. The first-order chi connectivity index (χ1) is 9.47. The summed E-state index contributed by atoms with van der Waals surface area (Å²) in [7, 11) is 0. The van der Waals surface area contributed by atoms with Gasteiger partial charge >= 0.3 is 12.0 Å². The van der Waals surface area contributed by atoms with Crippen molar-refractivity contribution in [2.45, 2.75) is 12.8 Å². The highest BCUT2D eigenvalue weighted by atomic mass is 35.5. The van der Waals surface area contributed by atoms with Gasteiger partial charge in [-0.05, 0) is 31.0 Å². The van der Waals surface area contributed by atoms with Crippen LogP contribution in [0.15, 0.2) is 18.2 Å². The minimum atomic E-state index is -0.864. The van der Waals surface area contributed by atoms with Crippen LogP contribution in [-0.2, 0) is 4.79 Å². The molecule has 0 saturated carbocycles. The number of likely N-dealkylation sites (tertiary alicyclic amines) is 1. The summed E-state index contributed by atoms with van der Waals surface area (Å²) in [5, 5.41) is 12.5. The van der Waals surface area contributed by atoms with E-state index in [0.29, 0.717) is 35.1 Å². The predicted octanol–water partition coefficient (Wildman–Crippen LogP) is 3.32. The zero-order chi connectivity index (χ0) is 14.7. The van der Waals surface area contributed by atoms with Gasteiger partial charge in [-0.1, -0.05) is 23.2 Å². The first kappa shape index (κ1) is 14.9. The first-order valence-electron chi connectivity index (χ1n) is 6.21. The number of hydrogen-bond acceptors (Lipinski definition) is 2. The predicted molar refractivity (Wildman–Crippen MR) is 77.4 cm³/mol. The fourth-order valence-electron chi connectivity index (χ4n) is 2.14. The number of aliphatic carboxylic acids is 1. The highest BCUT2D eigenvalue weighted by Crippen LogP contribution is 2.25. The molecule has 1 aliphatic rings. The number of rotatable bonds is 2. The molecular weight excluding hydrogens is 303 g/mol. The molecule has 5 nitrogen and oxygen atoms in total. The van der Waals surface area contributed by atoms with Crippen molar-refractivity contribution in [3.05, 3.63) is 28.2 Å². The van der Waals surface area contributed by atoms with Crippen LogP contribution in [0.4, 0.5) is 10.5 Å². The summed E-state index contributed by atoms with van der Waals surface area (Å²) in [4.78, 5) is 24.6. The number of urea groups is 1. The van der Waals surface area contributed by atoms with Crippen molar-refractivity contribution in [2.24, 2.45) is 5.92 Å². The first-order valence-corrected chi connectivity index (χ1v) is 6.97. The van der Waals surface area contributed by atoms with E-state index in [4.69, 9.17) is 28.3 Å².